The van der Waals surface area contributed by atoms with Crippen molar-refractivity contribution in [3.8, 4) is 5.75 Å². The van der Waals surface area contributed by atoms with Gasteiger partial charge in [0.15, 0.2) is 0 Å². The maximum absolute atomic E-state index is 5.66. The maximum Gasteiger partial charge on any atom is 0.119 e. The van der Waals surface area contributed by atoms with Gasteiger partial charge in [0.1, 0.15) is 5.75 Å². The van der Waals surface area contributed by atoms with Crippen molar-refractivity contribution in [2.45, 2.75) is 6.42 Å². The monoisotopic (exact) mass is 231 g/mol. The van der Waals surface area contributed by atoms with E-state index in [2.05, 4.69) is 10.4 Å². The van der Waals surface area contributed by atoms with E-state index in [1.165, 1.54) is 5.69 Å². The zero-order valence-corrected chi connectivity index (χ0v) is 10.2. The second-order valence-corrected chi connectivity index (χ2v) is 3.82. The van der Waals surface area contributed by atoms with Crippen LogP contribution in [0.2, 0.25) is 0 Å². The molecule has 1 aromatic carbocycles. The summed E-state index contributed by atoms with van der Waals surface area (Å²) >= 11 is 0. The molecule has 0 bridgehead atoms. The Balaban J connectivity index is 1.83. The smallest absolute Gasteiger partial charge is 0.119 e. The molecule has 0 saturated heterocycles. The molecule has 0 amide bonds. The molecule has 0 saturated carbocycles. The van der Waals surface area contributed by atoms with E-state index < -0.39 is 0 Å². The van der Waals surface area contributed by atoms with Gasteiger partial charge in [0.05, 0.1) is 6.61 Å². The predicted octanol–water partition coefficient (Wildman–Crippen LogP) is 2.08. The van der Waals surface area contributed by atoms with Crippen molar-refractivity contribution in [3.05, 3.63) is 42.2 Å². The van der Waals surface area contributed by atoms with E-state index in [0.29, 0.717) is 6.61 Å². The molecule has 0 atom stereocenters. The first-order chi connectivity index (χ1) is 8.29. The molecule has 1 N–H and O–H groups in total. The summed E-state index contributed by atoms with van der Waals surface area (Å²) < 4.78 is 7.53. The number of rotatable bonds is 5. The van der Waals surface area contributed by atoms with Crippen molar-refractivity contribution in [1.29, 1.82) is 0 Å². The predicted molar refractivity (Wildman–Crippen MR) is 68.4 cm³/mol. The SMILES string of the molecule is CNc1ccc(OCCc2ccnn2C)cc1. The third kappa shape index (κ3) is 3.00. The van der Waals surface area contributed by atoms with E-state index in [4.69, 9.17) is 4.74 Å². The van der Waals surface area contributed by atoms with Crippen molar-refractivity contribution in [1.82, 2.24) is 9.78 Å². The summed E-state index contributed by atoms with van der Waals surface area (Å²) in [6.07, 6.45) is 2.67. The molecule has 17 heavy (non-hydrogen) atoms. The molecule has 1 heterocycles. The largest absolute Gasteiger partial charge is 0.493 e. The number of anilines is 1. The van der Waals surface area contributed by atoms with Crippen LogP contribution in [-0.4, -0.2) is 23.4 Å². The highest BCUT2D eigenvalue weighted by atomic mass is 16.5. The average Bonchev–Trinajstić information content (AvgIpc) is 2.76. The van der Waals surface area contributed by atoms with Crippen LogP contribution in [-0.2, 0) is 13.5 Å². The van der Waals surface area contributed by atoms with Gasteiger partial charge in [0.2, 0.25) is 0 Å². The van der Waals surface area contributed by atoms with Crippen molar-refractivity contribution in [3.63, 3.8) is 0 Å². The molecule has 0 radical (unpaired) electrons. The summed E-state index contributed by atoms with van der Waals surface area (Å²) in [5.41, 5.74) is 2.26. The van der Waals surface area contributed by atoms with Crippen LogP contribution in [0.1, 0.15) is 5.69 Å². The molecule has 0 spiro atoms. The summed E-state index contributed by atoms with van der Waals surface area (Å²) in [5, 5.41) is 7.19. The lowest BCUT2D eigenvalue weighted by Crippen LogP contribution is -2.05. The summed E-state index contributed by atoms with van der Waals surface area (Å²) in [7, 11) is 3.84. The minimum absolute atomic E-state index is 0.665. The number of ether oxygens (including phenoxy) is 1. The molecule has 90 valence electrons. The Morgan fingerprint density at radius 1 is 1.24 bits per heavy atom. The Labute approximate surface area is 101 Å². The first-order valence-electron chi connectivity index (χ1n) is 5.67. The summed E-state index contributed by atoms with van der Waals surface area (Å²) in [4.78, 5) is 0. The Bertz CT molecular complexity index is 462. The lowest BCUT2D eigenvalue weighted by atomic mass is 10.3. The molecule has 0 aliphatic carbocycles. The lowest BCUT2D eigenvalue weighted by molar-refractivity contribution is 0.318. The van der Waals surface area contributed by atoms with Crippen molar-refractivity contribution in [2.75, 3.05) is 19.0 Å². The number of nitrogens with one attached hydrogen (secondary N) is 1. The van der Waals surface area contributed by atoms with E-state index in [0.717, 1.165) is 17.9 Å². The van der Waals surface area contributed by atoms with Crippen LogP contribution in [0.3, 0.4) is 0 Å². The van der Waals surface area contributed by atoms with Gasteiger partial charge in [-0.2, -0.15) is 5.10 Å². The minimum Gasteiger partial charge on any atom is -0.493 e. The number of hydrogen-bond donors (Lipinski definition) is 1. The number of hydrogen-bond acceptors (Lipinski definition) is 3. The zero-order chi connectivity index (χ0) is 12.1. The molecule has 1 aromatic heterocycles. The van der Waals surface area contributed by atoms with Gasteiger partial charge in [-0.05, 0) is 30.3 Å². The van der Waals surface area contributed by atoms with Crippen LogP contribution >= 0.6 is 0 Å². The van der Waals surface area contributed by atoms with Crippen LogP contribution in [0, 0.1) is 0 Å². The van der Waals surface area contributed by atoms with E-state index in [1.54, 1.807) is 6.20 Å². The lowest BCUT2D eigenvalue weighted by Gasteiger charge is -2.07. The third-order valence-corrected chi connectivity index (χ3v) is 2.69. The van der Waals surface area contributed by atoms with E-state index in [-0.39, 0.29) is 0 Å². The highest BCUT2D eigenvalue weighted by molar-refractivity contribution is 5.45. The molecule has 0 aliphatic rings. The molecule has 2 rings (SSSR count). The van der Waals surface area contributed by atoms with Crippen molar-refractivity contribution >= 4 is 5.69 Å². The van der Waals surface area contributed by atoms with Gasteiger partial charge in [-0.25, -0.2) is 0 Å². The fourth-order valence-electron chi connectivity index (χ4n) is 1.64. The van der Waals surface area contributed by atoms with Gasteiger partial charge in [0, 0.05) is 38.1 Å². The van der Waals surface area contributed by atoms with Crippen molar-refractivity contribution in [2.24, 2.45) is 7.05 Å². The van der Waals surface area contributed by atoms with Gasteiger partial charge in [-0.3, -0.25) is 4.68 Å². The standard InChI is InChI=1S/C13H17N3O/c1-14-11-3-5-13(6-4-11)17-10-8-12-7-9-15-16(12)2/h3-7,9,14H,8,10H2,1-2H3. The fourth-order valence-corrected chi connectivity index (χ4v) is 1.64. The van der Waals surface area contributed by atoms with Gasteiger partial charge in [-0.15, -0.1) is 0 Å². The van der Waals surface area contributed by atoms with Gasteiger partial charge in [-0.1, -0.05) is 0 Å². The summed E-state index contributed by atoms with van der Waals surface area (Å²) in [6, 6.07) is 9.94. The molecule has 2 aromatic rings. The van der Waals surface area contributed by atoms with Crippen LogP contribution < -0.4 is 10.1 Å². The molecular formula is C13H17N3O. The minimum atomic E-state index is 0.665. The molecule has 4 heteroatoms. The molecular weight excluding hydrogens is 214 g/mol. The first kappa shape index (κ1) is 11.5. The Morgan fingerprint density at radius 3 is 2.59 bits per heavy atom. The zero-order valence-electron chi connectivity index (χ0n) is 10.2. The topological polar surface area (TPSA) is 39.1 Å². The summed E-state index contributed by atoms with van der Waals surface area (Å²) in [5.74, 6) is 0.895. The quantitative estimate of drug-likeness (QED) is 0.856. The van der Waals surface area contributed by atoms with E-state index in [9.17, 15) is 0 Å². The van der Waals surface area contributed by atoms with Crippen LogP contribution in [0.5, 0.6) is 5.75 Å². The van der Waals surface area contributed by atoms with Crippen LogP contribution in [0.4, 0.5) is 5.69 Å². The molecule has 0 unspecified atom stereocenters. The first-order valence-corrected chi connectivity index (χ1v) is 5.67. The number of aromatic nitrogens is 2. The van der Waals surface area contributed by atoms with E-state index in [1.807, 2.05) is 49.1 Å². The molecule has 4 nitrogen and oxygen atoms in total. The highest BCUT2D eigenvalue weighted by Crippen LogP contribution is 2.15. The maximum atomic E-state index is 5.66. The second-order valence-electron chi connectivity index (χ2n) is 3.82. The normalized spacial score (nSPS) is 10.2. The van der Waals surface area contributed by atoms with Crippen LogP contribution in [0.25, 0.3) is 0 Å². The molecule has 0 fully saturated rings. The van der Waals surface area contributed by atoms with Gasteiger partial charge >= 0.3 is 0 Å². The Morgan fingerprint density at radius 2 is 2.00 bits per heavy atom. The third-order valence-electron chi connectivity index (χ3n) is 2.69. The highest BCUT2D eigenvalue weighted by Gasteiger charge is 1.99. The van der Waals surface area contributed by atoms with Crippen molar-refractivity contribution < 1.29 is 4.74 Å². The van der Waals surface area contributed by atoms with Crippen LogP contribution in [0.15, 0.2) is 36.5 Å². The van der Waals surface area contributed by atoms with E-state index >= 15 is 0 Å². The number of benzene rings is 1. The Kier molecular flexibility index (Phi) is 3.65. The Hall–Kier alpha value is -1.97. The number of nitrogens with zero attached hydrogens (tertiary/aromatic N) is 2. The number of aryl methyl sites for hydroxylation is 1. The summed E-state index contributed by atoms with van der Waals surface area (Å²) in [6.45, 7) is 0.665. The molecule has 0 aliphatic heterocycles. The average molecular weight is 231 g/mol. The van der Waals surface area contributed by atoms with Gasteiger partial charge in [0.25, 0.3) is 0 Å². The fraction of sp³-hybridized carbons (Fsp3) is 0.308. The van der Waals surface area contributed by atoms with Gasteiger partial charge < -0.3 is 10.1 Å². The second kappa shape index (κ2) is 5.39.